The molecule has 0 radical (unpaired) electrons. The molecule has 0 unspecified atom stereocenters. The summed E-state index contributed by atoms with van der Waals surface area (Å²) in [6, 6.07) is 6.32. The maximum atomic E-state index is 12.1. The number of benzene rings is 1. The number of hydrogen-bond donors (Lipinski definition) is 2. The van der Waals surface area contributed by atoms with E-state index in [1.807, 2.05) is 0 Å². The third kappa shape index (κ3) is 9.75. The van der Waals surface area contributed by atoms with E-state index in [0.717, 1.165) is 5.56 Å². The number of alkyl halides is 3. The van der Waals surface area contributed by atoms with Gasteiger partial charge in [-0.2, -0.15) is 13.2 Å². The largest absolute Gasteiger partial charge is 0.484 e. The van der Waals surface area contributed by atoms with E-state index in [2.05, 4.69) is 20.4 Å². The molecule has 0 saturated carbocycles. The Kier molecular flexibility index (Phi) is 9.32. The Labute approximate surface area is 150 Å². The summed E-state index contributed by atoms with van der Waals surface area (Å²) in [5, 5.41) is 6.14. The molecule has 2 N–H and O–H groups in total. The SMILES string of the molecule is CCOC(=O)CCCNC(=NC)NCc1ccc(OCC(F)(F)F)cc1. The third-order valence-corrected chi connectivity index (χ3v) is 3.16. The number of guanidine groups is 1. The maximum absolute atomic E-state index is 12.1. The van der Waals surface area contributed by atoms with Crippen molar-refractivity contribution in [2.45, 2.75) is 32.5 Å². The number of esters is 1. The van der Waals surface area contributed by atoms with Crippen molar-refractivity contribution in [3.05, 3.63) is 29.8 Å². The minimum Gasteiger partial charge on any atom is -0.484 e. The van der Waals surface area contributed by atoms with Gasteiger partial charge in [0.1, 0.15) is 5.75 Å². The lowest BCUT2D eigenvalue weighted by atomic mass is 10.2. The highest BCUT2D eigenvalue weighted by atomic mass is 19.4. The van der Waals surface area contributed by atoms with Gasteiger partial charge >= 0.3 is 12.1 Å². The summed E-state index contributed by atoms with van der Waals surface area (Å²) in [6.45, 7) is 1.82. The molecule has 0 aliphatic heterocycles. The molecule has 146 valence electrons. The van der Waals surface area contributed by atoms with Crippen molar-refractivity contribution in [3.8, 4) is 5.75 Å². The standard InChI is InChI=1S/C17H24F3N3O3/c1-3-25-15(24)5-4-10-22-16(21-2)23-11-13-6-8-14(9-7-13)26-12-17(18,19)20/h6-9H,3-5,10-12H2,1-2H3,(H2,21,22,23). The number of nitrogens with zero attached hydrogens (tertiary/aromatic N) is 1. The fraction of sp³-hybridized carbons (Fsp3) is 0.529. The predicted molar refractivity (Wildman–Crippen MR) is 92.1 cm³/mol. The summed E-state index contributed by atoms with van der Waals surface area (Å²) < 4.78 is 45.8. The summed E-state index contributed by atoms with van der Waals surface area (Å²) in [7, 11) is 1.62. The molecule has 0 atom stereocenters. The molecule has 0 saturated heterocycles. The molecule has 0 aliphatic rings. The van der Waals surface area contributed by atoms with Gasteiger partial charge in [-0.15, -0.1) is 0 Å². The third-order valence-electron chi connectivity index (χ3n) is 3.16. The summed E-state index contributed by atoms with van der Waals surface area (Å²) in [5.41, 5.74) is 0.860. The Morgan fingerprint density at radius 2 is 1.88 bits per heavy atom. The first-order chi connectivity index (χ1) is 12.3. The van der Waals surface area contributed by atoms with Crippen LogP contribution in [0.4, 0.5) is 13.2 Å². The molecule has 0 spiro atoms. The van der Waals surface area contributed by atoms with Crippen molar-refractivity contribution in [2.75, 3.05) is 26.8 Å². The lowest BCUT2D eigenvalue weighted by Gasteiger charge is -2.12. The van der Waals surface area contributed by atoms with E-state index in [1.54, 1.807) is 26.1 Å². The minimum atomic E-state index is -4.36. The van der Waals surface area contributed by atoms with Gasteiger partial charge < -0.3 is 20.1 Å². The van der Waals surface area contributed by atoms with E-state index in [4.69, 9.17) is 4.74 Å². The van der Waals surface area contributed by atoms with Gasteiger partial charge in [-0.1, -0.05) is 12.1 Å². The molecule has 0 aromatic heterocycles. The van der Waals surface area contributed by atoms with Crippen LogP contribution < -0.4 is 15.4 Å². The number of aliphatic imine (C=N–C) groups is 1. The fourth-order valence-electron chi connectivity index (χ4n) is 1.95. The Hall–Kier alpha value is -2.45. The van der Waals surface area contributed by atoms with E-state index in [0.29, 0.717) is 38.5 Å². The first-order valence-corrected chi connectivity index (χ1v) is 8.22. The number of halogens is 3. The molecule has 0 fully saturated rings. The second kappa shape index (κ2) is 11.2. The first kappa shape index (κ1) is 21.6. The monoisotopic (exact) mass is 375 g/mol. The highest BCUT2D eigenvalue weighted by Gasteiger charge is 2.28. The van der Waals surface area contributed by atoms with E-state index in [9.17, 15) is 18.0 Å². The Morgan fingerprint density at radius 3 is 2.46 bits per heavy atom. The summed E-state index contributed by atoms with van der Waals surface area (Å²) in [6.07, 6.45) is -3.41. The van der Waals surface area contributed by atoms with Gasteiger partial charge in [0, 0.05) is 26.6 Å². The first-order valence-electron chi connectivity index (χ1n) is 8.22. The minimum absolute atomic E-state index is 0.160. The van der Waals surface area contributed by atoms with Crippen molar-refractivity contribution in [1.29, 1.82) is 0 Å². The number of nitrogens with one attached hydrogen (secondary N) is 2. The molecular weight excluding hydrogens is 351 g/mol. The molecule has 0 amide bonds. The Balaban J connectivity index is 2.31. The van der Waals surface area contributed by atoms with Crippen LogP contribution >= 0.6 is 0 Å². The summed E-state index contributed by atoms with van der Waals surface area (Å²) in [4.78, 5) is 15.3. The molecule has 0 bridgehead atoms. The number of carbonyl (C=O) groups excluding carboxylic acids is 1. The van der Waals surface area contributed by atoms with Crippen LogP contribution in [0.2, 0.25) is 0 Å². The molecule has 1 aromatic carbocycles. The van der Waals surface area contributed by atoms with Gasteiger partial charge in [0.05, 0.1) is 6.61 Å². The fourth-order valence-corrected chi connectivity index (χ4v) is 1.95. The quantitative estimate of drug-likeness (QED) is 0.301. The molecule has 0 heterocycles. The zero-order valence-corrected chi connectivity index (χ0v) is 14.9. The van der Waals surface area contributed by atoms with Gasteiger partial charge in [-0.25, -0.2) is 0 Å². The average Bonchev–Trinajstić information content (AvgIpc) is 2.60. The Bertz CT molecular complexity index is 575. The van der Waals surface area contributed by atoms with Crippen LogP contribution in [0.5, 0.6) is 5.75 Å². The Morgan fingerprint density at radius 1 is 1.19 bits per heavy atom. The highest BCUT2D eigenvalue weighted by Crippen LogP contribution is 2.18. The van der Waals surface area contributed by atoms with Gasteiger partial charge in [-0.05, 0) is 31.0 Å². The lowest BCUT2D eigenvalue weighted by Crippen LogP contribution is -2.37. The van der Waals surface area contributed by atoms with Crippen LogP contribution in [-0.2, 0) is 16.1 Å². The van der Waals surface area contributed by atoms with Gasteiger partial charge in [0.15, 0.2) is 12.6 Å². The number of rotatable bonds is 9. The van der Waals surface area contributed by atoms with Crippen LogP contribution in [0.3, 0.4) is 0 Å². The van der Waals surface area contributed by atoms with Crippen LogP contribution in [0.25, 0.3) is 0 Å². The van der Waals surface area contributed by atoms with Crippen molar-refractivity contribution in [2.24, 2.45) is 4.99 Å². The number of ether oxygens (including phenoxy) is 2. The average molecular weight is 375 g/mol. The second-order valence-corrected chi connectivity index (χ2v) is 5.31. The molecule has 26 heavy (non-hydrogen) atoms. The van der Waals surface area contributed by atoms with E-state index in [1.165, 1.54) is 12.1 Å². The zero-order valence-electron chi connectivity index (χ0n) is 14.9. The van der Waals surface area contributed by atoms with Crippen LogP contribution in [0, 0.1) is 0 Å². The van der Waals surface area contributed by atoms with E-state index in [-0.39, 0.29) is 11.7 Å². The summed E-state index contributed by atoms with van der Waals surface area (Å²) in [5.74, 6) is 0.490. The second-order valence-electron chi connectivity index (χ2n) is 5.31. The molecule has 6 nitrogen and oxygen atoms in total. The highest BCUT2D eigenvalue weighted by molar-refractivity contribution is 5.79. The smallest absolute Gasteiger partial charge is 0.422 e. The van der Waals surface area contributed by atoms with Crippen molar-refractivity contribution >= 4 is 11.9 Å². The zero-order chi connectivity index (χ0) is 19.4. The van der Waals surface area contributed by atoms with Crippen LogP contribution in [-0.4, -0.2) is 44.9 Å². The van der Waals surface area contributed by atoms with Gasteiger partial charge in [-0.3, -0.25) is 9.79 Å². The van der Waals surface area contributed by atoms with Crippen molar-refractivity contribution in [3.63, 3.8) is 0 Å². The summed E-state index contributed by atoms with van der Waals surface area (Å²) >= 11 is 0. The van der Waals surface area contributed by atoms with Gasteiger partial charge in [0.2, 0.25) is 0 Å². The topological polar surface area (TPSA) is 72.0 Å². The maximum Gasteiger partial charge on any atom is 0.422 e. The van der Waals surface area contributed by atoms with Gasteiger partial charge in [0.25, 0.3) is 0 Å². The number of carbonyl (C=O) groups is 1. The molecular formula is C17H24F3N3O3. The lowest BCUT2D eigenvalue weighted by molar-refractivity contribution is -0.153. The van der Waals surface area contributed by atoms with Crippen molar-refractivity contribution in [1.82, 2.24) is 10.6 Å². The van der Waals surface area contributed by atoms with E-state index < -0.39 is 12.8 Å². The van der Waals surface area contributed by atoms with Crippen LogP contribution in [0.15, 0.2) is 29.3 Å². The molecule has 9 heteroatoms. The normalized spacial score (nSPS) is 11.8. The predicted octanol–water partition coefficient (Wildman–Crippen LogP) is 2.64. The molecule has 1 rings (SSSR count). The van der Waals surface area contributed by atoms with E-state index >= 15 is 0 Å². The number of hydrogen-bond acceptors (Lipinski definition) is 4. The van der Waals surface area contributed by atoms with Crippen LogP contribution in [0.1, 0.15) is 25.3 Å². The molecule has 0 aliphatic carbocycles. The molecule has 1 aromatic rings. The van der Waals surface area contributed by atoms with Crippen molar-refractivity contribution < 1.29 is 27.4 Å².